The van der Waals surface area contributed by atoms with E-state index in [1.807, 2.05) is 0 Å². The summed E-state index contributed by atoms with van der Waals surface area (Å²) in [7, 11) is -6.98. The van der Waals surface area contributed by atoms with Crippen LogP contribution in [0.2, 0.25) is 0 Å². The van der Waals surface area contributed by atoms with E-state index in [0.29, 0.717) is 0 Å². The Kier molecular flexibility index (Phi) is 9.54. The lowest BCUT2D eigenvalue weighted by atomic mass is 10.1. The Bertz CT molecular complexity index is 1840. The molecular formula is C31H40F3N5O11SSi. The first-order valence-corrected chi connectivity index (χ1v) is 18.8. The van der Waals surface area contributed by atoms with Crippen molar-refractivity contribution in [2.45, 2.75) is 111 Å². The molecule has 9 atom stereocenters. The second-order valence-electron chi connectivity index (χ2n) is 14.8. The fourth-order valence-electron chi connectivity index (χ4n) is 6.41. The minimum Gasteiger partial charge on any atom is -0.394 e. The Morgan fingerprint density at radius 3 is 2.29 bits per heavy atom. The summed E-state index contributed by atoms with van der Waals surface area (Å²) in [6, 6.07) is 7.78. The van der Waals surface area contributed by atoms with E-state index in [4.69, 9.17) is 18.9 Å². The number of benzene rings is 1. The zero-order chi connectivity index (χ0) is 38.4. The molecule has 0 bridgehead atoms. The average molecular weight is 776 g/mol. The molecule has 21 heteroatoms. The highest BCUT2D eigenvalue weighted by Crippen LogP contribution is 2.60. The second kappa shape index (κ2) is 12.8. The van der Waals surface area contributed by atoms with Gasteiger partial charge in [0.1, 0.15) is 50.7 Å². The van der Waals surface area contributed by atoms with Crippen molar-refractivity contribution < 1.29 is 65.8 Å². The van der Waals surface area contributed by atoms with Crippen LogP contribution in [0.15, 0.2) is 41.7 Å². The van der Waals surface area contributed by atoms with Crippen LogP contribution in [0.1, 0.15) is 63.8 Å². The second-order valence-corrected chi connectivity index (χ2v) is 18.5. The van der Waals surface area contributed by atoms with E-state index in [9.17, 15) is 46.8 Å². The summed E-state index contributed by atoms with van der Waals surface area (Å²) in [4.78, 5) is 19.3. The summed E-state index contributed by atoms with van der Waals surface area (Å²) in [5, 5.41) is 44.3. The van der Waals surface area contributed by atoms with Gasteiger partial charge in [-0.3, -0.25) is 9.36 Å². The maximum Gasteiger partial charge on any atom is 0.500 e. The Morgan fingerprint density at radius 2 is 1.73 bits per heavy atom. The van der Waals surface area contributed by atoms with Gasteiger partial charge in [0.15, 0.2) is 18.3 Å². The minimum atomic E-state index is -6.53. The third-order valence-electron chi connectivity index (χ3n) is 8.77. The number of aromatic nitrogens is 2. The molecule has 3 fully saturated rings. The largest absolute Gasteiger partial charge is 0.500 e. The number of fused-ring (bicyclic) bond motifs is 1. The van der Waals surface area contributed by atoms with Crippen LogP contribution in [0.25, 0.3) is 0 Å². The number of carbonyl (C=O) groups is 1. The molecule has 2 unspecified atom stereocenters. The maximum absolute atomic E-state index is 14.6. The summed E-state index contributed by atoms with van der Waals surface area (Å²) in [6.07, 6.45) is -9.37. The smallest absolute Gasteiger partial charge is 0.394 e. The number of halogens is 3. The first-order chi connectivity index (χ1) is 24.0. The van der Waals surface area contributed by atoms with Gasteiger partial charge in [0, 0.05) is 5.56 Å². The van der Waals surface area contributed by atoms with Gasteiger partial charge in [0.2, 0.25) is 4.93 Å². The number of hydrogen-bond donors (Lipinski definition) is 5. The molecule has 0 saturated carbocycles. The Balaban J connectivity index is 1.51. The number of hydrogen-bond acceptors (Lipinski definition) is 13. The molecule has 0 aliphatic carbocycles. The van der Waals surface area contributed by atoms with Crippen molar-refractivity contribution >= 4 is 36.9 Å². The van der Waals surface area contributed by atoms with E-state index in [1.165, 1.54) is 37.8 Å². The number of aliphatic imine (C=N–C) groups is 1. The van der Waals surface area contributed by atoms with Gasteiger partial charge in [-0.2, -0.15) is 18.2 Å². The maximum atomic E-state index is 14.6. The lowest BCUT2D eigenvalue weighted by molar-refractivity contribution is -0.148. The van der Waals surface area contributed by atoms with E-state index < -0.39 is 108 Å². The van der Waals surface area contributed by atoms with Gasteiger partial charge in [-0.25, -0.2) is 13.4 Å². The van der Waals surface area contributed by atoms with Crippen molar-refractivity contribution in [3.8, 4) is 0 Å². The molecule has 6 rings (SSSR count). The first kappa shape index (κ1) is 38.7. The number of anilines is 1. The minimum absolute atomic E-state index is 0.129. The van der Waals surface area contributed by atoms with Crippen molar-refractivity contribution in [2.75, 3.05) is 18.6 Å². The van der Waals surface area contributed by atoms with Crippen molar-refractivity contribution in [1.29, 1.82) is 0 Å². The first-order valence-electron chi connectivity index (χ1n) is 16.2. The molecule has 3 saturated heterocycles. The number of ether oxygens (including phenoxy) is 4. The predicted octanol–water partition coefficient (Wildman–Crippen LogP) is 0.485. The number of carbonyl (C=O) groups excluding carboxylic acids is 1. The zero-order valence-corrected chi connectivity index (χ0v) is 30.7. The number of rotatable bonds is 7. The number of nitrogens with one attached hydrogen (secondary N) is 1. The van der Waals surface area contributed by atoms with Gasteiger partial charge in [0.25, 0.3) is 15.7 Å². The number of alkyl halides is 3. The SMILES string of the molecule is CC(C)(C)OC1[Si][C@@]12O[C@@H](n1cnc3c1NCN(C1O[C@H](CO)[C@@H](O)[C@@H]1O)C3=NC(=O)c1ccccc1)[C@@](O)(S(=O)(=O)C(F)(F)F)[C@@H]2OC(C)(C)C. The standard InChI is InChI=1S/C31H40F3N5O11SSi/c1-27(2,3)48-24-29(44,51(45,46)31(32,33)34)25(49-30(24)26(52-30)50-28(4,5)6)39-13-35-17-20(39)36-14-38(23-19(42)18(41)16(12-40)47-23)21(17)37-22(43)15-10-8-7-9-11-15/h7-11,13,16,18-19,23-26,36,40-42,44H,12,14H2,1-6H3/t16-,18-,19+,23?,24+,25-,26?,29+,30-/m1/s1. The molecule has 52 heavy (non-hydrogen) atoms. The van der Waals surface area contributed by atoms with Crippen molar-refractivity contribution in [2.24, 2.45) is 4.99 Å². The van der Waals surface area contributed by atoms with Gasteiger partial charge in [-0.05, 0) is 53.7 Å². The summed E-state index contributed by atoms with van der Waals surface area (Å²) in [6.45, 7) is 8.46. The molecule has 5 N–H and O–H groups in total. The van der Waals surface area contributed by atoms with Gasteiger partial charge in [-0.15, -0.1) is 0 Å². The number of nitrogens with zero attached hydrogens (tertiary/aromatic N) is 4. The number of amides is 1. The summed E-state index contributed by atoms with van der Waals surface area (Å²) >= 11 is 0. The number of aliphatic hydroxyl groups excluding tert-OH is 3. The number of sulfone groups is 1. The molecular weight excluding hydrogens is 736 g/mol. The van der Waals surface area contributed by atoms with Crippen molar-refractivity contribution in [1.82, 2.24) is 14.5 Å². The predicted molar refractivity (Wildman–Crippen MR) is 175 cm³/mol. The molecule has 4 aliphatic heterocycles. The van der Waals surface area contributed by atoms with Crippen LogP contribution >= 0.6 is 0 Å². The van der Waals surface area contributed by atoms with Crippen LogP contribution in [0, 0.1) is 0 Å². The van der Waals surface area contributed by atoms with Crippen LogP contribution in [-0.2, 0) is 28.8 Å². The molecule has 286 valence electrons. The summed E-state index contributed by atoms with van der Waals surface area (Å²) in [5.41, 5.74) is -9.18. The Hall–Kier alpha value is -2.99. The molecule has 1 aromatic carbocycles. The molecule has 2 aromatic rings. The highest BCUT2D eigenvalue weighted by molar-refractivity contribution is 7.93. The molecule has 1 spiro atoms. The van der Waals surface area contributed by atoms with Crippen LogP contribution in [0.3, 0.4) is 0 Å². The van der Waals surface area contributed by atoms with E-state index in [1.54, 1.807) is 39.0 Å². The van der Waals surface area contributed by atoms with E-state index in [2.05, 4.69) is 15.3 Å². The molecule has 5 heterocycles. The third-order valence-corrected chi connectivity index (χ3v) is 12.2. The van der Waals surface area contributed by atoms with E-state index in [-0.39, 0.29) is 22.9 Å². The highest BCUT2D eigenvalue weighted by atomic mass is 32.2. The number of imidazole rings is 1. The van der Waals surface area contributed by atoms with Gasteiger partial charge < -0.3 is 49.6 Å². The highest BCUT2D eigenvalue weighted by Gasteiger charge is 2.83. The Morgan fingerprint density at radius 1 is 1.10 bits per heavy atom. The third kappa shape index (κ3) is 6.37. The fraction of sp³-hybridized carbons (Fsp3) is 0.645. The van der Waals surface area contributed by atoms with E-state index in [0.717, 1.165) is 10.9 Å². The summed E-state index contributed by atoms with van der Waals surface area (Å²) in [5.74, 6) is -1.31. The molecule has 16 nitrogen and oxygen atoms in total. The van der Waals surface area contributed by atoms with Crippen LogP contribution in [0.5, 0.6) is 0 Å². The number of amidine groups is 1. The molecule has 4 aliphatic rings. The number of aliphatic hydroxyl groups is 4. The topological polar surface area (TPSA) is 214 Å². The van der Waals surface area contributed by atoms with Crippen LogP contribution in [-0.4, -0.2) is 141 Å². The zero-order valence-electron chi connectivity index (χ0n) is 28.9. The monoisotopic (exact) mass is 775 g/mol. The summed E-state index contributed by atoms with van der Waals surface area (Å²) < 4.78 is 95.7. The van der Waals surface area contributed by atoms with Gasteiger partial charge >= 0.3 is 5.51 Å². The quantitative estimate of drug-likeness (QED) is 0.242. The molecule has 1 aromatic heterocycles. The van der Waals surface area contributed by atoms with Crippen molar-refractivity contribution in [3.05, 3.63) is 47.9 Å². The van der Waals surface area contributed by atoms with Crippen LogP contribution < -0.4 is 5.32 Å². The van der Waals surface area contributed by atoms with Crippen LogP contribution in [0.4, 0.5) is 19.0 Å². The molecule has 1 amide bonds. The average Bonchev–Trinajstić information content (AvgIpc) is 3.27. The van der Waals surface area contributed by atoms with E-state index >= 15 is 0 Å². The van der Waals surface area contributed by atoms with Gasteiger partial charge in [0.05, 0.1) is 36.5 Å². The van der Waals surface area contributed by atoms with Crippen molar-refractivity contribution in [3.63, 3.8) is 0 Å². The Labute approximate surface area is 299 Å². The lowest BCUT2D eigenvalue weighted by Crippen LogP contribution is -2.60. The normalized spacial score (nSPS) is 34.5. The lowest BCUT2D eigenvalue weighted by Gasteiger charge is -2.39. The van der Waals surface area contributed by atoms with Gasteiger partial charge in [-0.1, -0.05) is 18.2 Å². The molecule has 2 radical (unpaired) electrons. The fourth-order valence-corrected chi connectivity index (χ4v) is 9.44.